The Morgan fingerprint density at radius 3 is 2.78 bits per heavy atom. The molecule has 2 unspecified atom stereocenters. The maximum Gasteiger partial charge on any atom is 0.443 e. The zero-order chi connectivity index (χ0) is 23.5. The number of amides is 2. The minimum Gasteiger partial charge on any atom is -0.350 e. The molecule has 1 aromatic carbocycles. The maximum absolute atomic E-state index is 13.5. The number of nitriles is 1. The lowest BCUT2D eigenvalue weighted by Crippen LogP contribution is -2.53. The van der Waals surface area contributed by atoms with E-state index in [1.807, 2.05) is 0 Å². The number of thiazole rings is 1. The summed E-state index contributed by atoms with van der Waals surface area (Å²) in [7, 11) is 1.64. The topological polar surface area (TPSA) is 110 Å². The first-order valence-electron chi connectivity index (χ1n) is 9.04. The first-order valence-corrected chi connectivity index (χ1v) is 10.6. The molecular formula is C18H16F4N6O2S2. The summed E-state index contributed by atoms with van der Waals surface area (Å²) in [5, 5.41) is 13.1. The molecule has 3 rings (SSSR count). The van der Waals surface area contributed by atoms with Crippen molar-refractivity contribution in [3.63, 3.8) is 0 Å². The second-order valence-electron chi connectivity index (χ2n) is 6.70. The smallest absolute Gasteiger partial charge is 0.350 e. The van der Waals surface area contributed by atoms with E-state index in [9.17, 15) is 27.2 Å². The van der Waals surface area contributed by atoms with Crippen LogP contribution >= 0.6 is 23.5 Å². The van der Waals surface area contributed by atoms with Crippen LogP contribution in [0.3, 0.4) is 0 Å². The molecule has 1 fully saturated rings. The summed E-state index contributed by atoms with van der Waals surface area (Å²) in [5.74, 6) is -1.66. The van der Waals surface area contributed by atoms with Crippen LogP contribution in [0, 0.1) is 17.1 Å². The Hall–Kier alpha value is -2.73. The molecule has 1 aliphatic rings. The standard InChI is InChI=1S/C18H16F4N6O2S2/c1-28-14(16(30)26-10-2-3-12(19)9(4-10)6-23)5-13(27-32-28)15(29)24-7-11-8-25-17(31-11)18(20,21)22/h2-4,8,13-14,27H,5,7H2,1H3,(H,24,29)(H,26,30). The van der Waals surface area contributed by atoms with Gasteiger partial charge in [-0.3, -0.25) is 9.59 Å². The summed E-state index contributed by atoms with van der Waals surface area (Å²) in [6.07, 6.45) is -3.42. The van der Waals surface area contributed by atoms with Crippen molar-refractivity contribution in [1.29, 1.82) is 5.26 Å². The van der Waals surface area contributed by atoms with E-state index in [-0.39, 0.29) is 29.1 Å². The minimum absolute atomic E-state index is 0.0734. The van der Waals surface area contributed by atoms with Crippen LogP contribution < -0.4 is 15.4 Å². The average Bonchev–Trinajstić information content (AvgIpc) is 3.23. The monoisotopic (exact) mass is 488 g/mol. The van der Waals surface area contributed by atoms with Crippen LogP contribution in [0.15, 0.2) is 24.4 Å². The zero-order valence-corrected chi connectivity index (χ0v) is 18.0. The van der Waals surface area contributed by atoms with Gasteiger partial charge >= 0.3 is 6.18 Å². The van der Waals surface area contributed by atoms with Crippen LogP contribution in [0.2, 0.25) is 0 Å². The van der Waals surface area contributed by atoms with E-state index < -0.39 is 40.9 Å². The first-order chi connectivity index (χ1) is 15.1. The van der Waals surface area contributed by atoms with Crippen molar-refractivity contribution in [1.82, 2.24) is 19.3 Å². The van der Waals surface area contributed by atoms with Crippen molar-refractivity contribution in [2.24, 2.45) is 0 Å². The molecule has 1 aromatic heterocycles. The predicted molar refractivity (Wildman–Crippen MR) is 109 cm³/mol. The van der Waals surface area contributed by atoms with E-state index in [0.717, 1.165) is 24.4 Å². The fourth-order valence-electron chi connectivity index (χ4n) is 2.79. The Balaban J connectivity index is 1.59. The molecule has 2 aromatic rings. The highest BCUT2D eigenvalue weighted by Gasteiger charge is 2.36. The van der Waals surface area contributed by atoms with Gasteiger partial charge < -0.3 is 10.6 Å². The lowest BCUT2D eigenvalue weighted by atomic mass is 10.1. The van der Waals surface area contributed by atoms with Gasteiger partial charge in [-0.1, -0.05) is 0 Å². The molecular weight excluding hydrogens is 472 g/mol. The molecule has 8 nitrogen and oxygen atoms in total. The van der Waals surface area contributed by atoms with Gasteiger partial charge in [0.2, 0.25) is 11.8 Å². The highest BCUT2D eigenvalue weighted by Crippen LogP contribution is 2.32. The number of carbonyl (C=O) groups is 2. The fourth-order valence-corrected chi connectivity index (χ4v) is 4.32. The van der Waals surface area contributed by atoms with Crippen molar-refractivity contribution < 1.29 is 27.2 Å². The number of nitrogens with zero attached hydrogens (tertiary/aromatic N) is 3. The minimum atomic E-state index is -4.54. The van der Waals surface area contributed by atoms with Crippen LogP contribution in [0.4, 0.5) is 23.2 Å². The normalized spacial score (nSPS) is 19.2. The number of alkyl halides is 3. The largest absolute Gasteiger partial charge is 0.443 e. The molecule has 0 radical (unpaired) electrons. The second-order valence-corrected chi connectivity index (χ2v) is 8.81. The molecule has 32 heavy (non-hydrogen) atoms. The van der Waals surface area contributed by atoms with Gasteiger partial charge in [-0.15, -0.1) is 11.3 Å². The number of benzene rings is 1. The van der Waals surface area contributed by atoms with E-state index >= 15 is 0 Å². The summed E-state index contributed by atoms with van der Waals surface area (Å²) in [6.45, 7) is -0.130. The van der Waals surface area contributed by atoms with Gasteiger partial charge in [0.15, 0.2) is 5.01 Å². The summed E-state index contributed by atoms with van der Waals surface area (Å²) in [5.41, 5.74) is 0.0152. The van der Waals surface area contributed by atoms with E-state index in [1.54, 1.807) is 17.4 Å². The quantitative estimate of drug-likeness (QED) is 0.439. The van der Waals surface area contributed by atoms with E-state index in [2.05, 4.69) is 20.3 Å². The van der Waals surface area contributed by atoms with Crippen molar-refractivity contribution in [3.05, 3.63) is 45.7 Å². The number of aromatic nitrogens is 1. The van der Waals surface area contributed by atoms with E-state index in [0.29, 0.717) is 11.3 Å². The van der Waals surface area contributed by atoms with Crippen molar-refractivity contribution >= 4 is 41.0 Å². The third-order valence-electron chi connectivity index (χ3n) is 4.44. The fraction of sp³-hybridized carbons (Fsp3) is 0.333. The maximum atomic E-state index is 13.5. The number of carbonyl (C=O) groups excluding carboxylic acids is 2. The lowest BCUT2D eigenvalue weighted by molar-refractivity contribution is -0.137. The van der Waals surface area contributed by atoms with Gasteiger partial charge in [-0.25, -0.2) is 18.4 Å². The van der Waals surface area contributed by atoms with Crippen LogP contribution in [-0.2, 0) is 22.3 Å². The predicted octanol–water partition coefficient (Wildman–Crippen LogP) is 2.65. The zero-order valence-electron chi connectivity index (χ0n) is 16.4. The molecule has 3 N–H and O–H groups in total. The Morgan fingerprint density at radius 2 is 2.12 bits per heavy atom. The molecule has 0 saturated carbocycles. The number of likely N-dealkylation sites (N-methyl/N-ethyl adjacent to an activating group) is 1. The molecule has 2 amide bonds. The highest BCUT2D eigenvalue weighted by molar-refractivity contribution is 7.95. The molecule has 0 aliphatic carbocycles. The van der Waals surface area contributed by atoms with Crippen LogP contribution in [0.1, 0.15) is 21.9 Å². The van der Waals surface area contributed by atoms with Gasteiger partial charge in [0, 0.05) is 28.9 Å². The number of rotatable bonds is 5. The third kappa shape index (κ3) is 5.74. The van der Waals surface area contributed by atoms with Crippen molar-refractivity contribution in [3.8, 4) is 6.07 Å². The summed E-state index contributed by atoms with van der Waals surface area (Å²) >= 11 is 1.47. The molecule has 2 heterocycles. The molecule has 0 bridgehead atoms. The van der Waals surface area contributed by atoms with E-state index in [4.69, 9.17) is 5.26 Å². The molecule has 1 aliphatic heterocycles. The van der Waals surface area contributed by atoms with Crippen LogP contribution in [0.25, 0.3) is 0 Å². The number of halogens is 4. The van der Waals surface area contributed by atoms with Gasteiger partial charge in [0.1, 0.15) is 17.9 Å². The number of hydrogen-bond acceptors (Lipinski definition) is 8. The average molecular weight is 488 g/mol. The third-order valence-corrected chi connectivity index (χ3v) is 6.42. The van der Waals surface area contributed by atoms with Gasteiger partial charge in [0.25, 0.3) is 0 Å². The van der Waals surface area contributed by atoms with Gasteiger partial charge in [-0.05, 0) is 31.7 Å². The SMILES string of the molecule is CN1SNC(C(=O)NCc2cnc(C(F)(F)F)s2)CC1C(=O)Nc1ccc(F)c(C#N)c1. The Bertz CT molecular complexity index is 1050. The summed E-state index contributed by atoms with van der Waals surface area (Å²) in [4.78, 5) is 28.7. The molecule has 1 saturated heterocycles. The van der Waals surface area contributed by atoms with Crippen molar-refractivity contribution in [2.75, 3.05) is 12.4 Å². The summed E-state index contributed by atoms with van der Waals surface area (Å²) < 4.78 is 55.8. The Morgan fingerprint density at radius 1 is 1.38 bits per heavy atom. The Labute approximate surface area is 188 Å². The van der Waals surface area contributed by atoms with Crippen molar-refractivity contribution in [2.45, 2.75) is 31.2 Å². The first kappa shape index (κ1) is 23.9. The number of hydrogen-bond donors (Lipinski definition) is 3. The van der Waals surface area contributed by atoms with Gasteiger partial charge in [-0.2, -0.15) is 18.4 Å². The van der Waals surface area contributed by atoms with Crippen LogP contribution in [0.5, 0.6) is 0 Å². The number of nitrogens with one attached hydrogen (secondary N) is 3. The van der Waals surface area contributed by atoms with Gasteiger partial charge in [0.05, 0.1) is 18.2 Å². The number of anilines is 1. The molecule has 0 spiro atoms. The molecule has 170 valence electrons. The molecule has 2 atom stereocenters. The van der Waals surface area contributed by atoms with Crippen LogP contribution in [-0.4, -0.2) is 40.2 Å². The summed E-state index contributed by atoms with van der Waals surface area (Å²) in [6, 6.07) is 3.74. The lowest BCUT2D eigenvalue weighted by Gasteiger charge is -2.34. The van der Waals surface area contributed by atoms with E-state index in [1.165, 1.54) is 12.1 Å². The highest BCUT2D eigenvalue weighted by atomic mass is 32.2. The molecule has 14 heteroatoms. The second kappa shape index (κ2) is 9.82. The Kier molecular flexibility index (Phi) is 7.34.